The lowest BCUT2D eigenvalue weighted by molar-refractivity contribution is -0.385. The van der Waals surface area contributed by atoms with Crippen molar-refractivity contribution >= 4 is 5.69 Å². The minimum Gasteiger partial charge on any atom is -0.309 e. The molecule has 1 aromatic carbocycles. The number of nitrogens with one attached hydrogen (secondary N) is 1. The first-order valence-corrected chi connectivity index (χ1v) is 6.40. The fourth-order valence-corrected chi connectivity index (χ4v) is 2.05. The number of benzene rings is 1. The van der Waals surface area contributed by atoms with Crippen LogP contribution in [0.25, 0.3) is 0 Å². The molecule has 0 aliphatic carbocycles. The Balaban J connectivity index is 2.02. The van der Waals surface area contributed by atoms with E-state index in [1.165, 1.54) is 6.07 Å². The molecular weight excluding hydrogens is 268 g/mol. The SMILES string of the molecule is Cc1c(CNCc2ccnc(C#N)c2)cccc1[N+](=O)[O-]. The third-order valence-corrected chi connectivity index (χ3v) is 3.20. The van der Waals surface area contributed by atoms with Crippen molar-refractivity contribution in [3.05, 3.63) is 69.0 Å². The quantitative estimate of drug-likeness (QED) is 0.671. The number of rotatable bonds is 5. The molecule has 0 amide bonds. The number of nitriles is 1. The van der Waals surface area contributed by atoms with Crippen LogP contribution in [0.2, 0.25) is 0 Å². The van der Waals surface area contributed by atoms with Gasteiger partial charge in [0.05, 0.1) is 4.92 Å². The maximum atomic E-state index is 10.9. The zero-order valence-electron chi connectivity index (χ0n) is 11.5. The number of nitro benzene ring substituents is 1. The molecule has 0 saturated carbocycles. The van der Waals surface area contributed by atoms with Crippen LogP contribution in [-0.4, -0.2) is 9.91 Å². The van der Waals surface area contributed by atoms with Crippen molar-refractivity contribution in [1.82, 2.24) is 10.3 Å². The highest BCUT2D eigenvalue weighted by atomic mass is 16.6. The summed E-state index contributed by atoms with van der Waals surface area (Å²) in [5.74, 6) is 0. The highest BCUT2D eigenvalue weighted by Gasteiger charge is 2.12. The standard InChI is InChI=1S/C15H14N4O2/c1-11-13(3-2-4-15(11)19(20)21)10-17-9-12-5-6-18-14(7-12)8-16/h2-7,17H,9-10H2,1H3. The first-order chi connectivity index (χ1) is 10.1. The zero-order valence-corrected chi connectivity index (χ0v) is 11.5. The molecule has 6 nitrogen and oxygen atoms in total. The molecule has 1 heterocycles. The molecule has 6 heteroatoms. The van der Waals surface area contributed by atoms with Crippen molar-refractivity contribution in [2.75, 3.05) is 0 Å². The molecule has 2 aromatic rings. The molecule has 0 saturated heterocycles. The monoisotopic (exact) mass is 282 g/mol. The van der Waals surface area contributed by atoms with Crippen LogP contribution < -0.4 is 5.32 Å². The maximum absolute atomic E-state index is 10.9. The minimum absolute atomic E-state index is 0.130. The van der Waals surface area contributed by atoms with Gasteiger partial charge < -0.3 is 5.32 Å². The van der Waals surface area contributed by atoms with E-state index in [0.29, 0.717) is 24.3 Å². The van der Waals surface area contributed by atoms with Crippen LogP contribution in [-0.2, 0) is 13.1 Å². The molecule has 0 unspecified atom stereocenters. The number of hydrogen-bond acceptors (Lipinski definition) is 5. The molecule has 21 heavy (non-hydrogen) atoms. The molecule has 0 radical (unpaired) electrons. The van der Waals surface area contributed by atoms with E-state index in [1.807, 2.05) is 18.2 Å². The molecule has 0 aliphatic heterocycles. The van der Waals surface area contributed by atoms with Crippen LogP contribution >= 0.6 is 0 Å². The molecule has 0 atom stereocenters. The fourth-order valence-electron chi connectivity index (χ4n) is 2.05. The predicted molar refractivity (Wildman–Crippen MR) is 77.3 cm³/mol. The fraction of sp³-hybridized carbons (Fsp3) is 0.200. The van der Waals surface area contributed by atoms with E-state index in [4.69, 9.17) is 5.26 Å². The Bertz CT molecular complexity index is 707. The summed E-state index contributed by atoms with van der Waals surface area (Å²) in [6.45, 7) is 2.84. The predicted octanol–water partition coefficient (Wildman–Crippen LogP) is 2.46. The van der Waals surface area contributed by atoms with Crippen LogP contribution in [0.15, 0.2) is 36.5 Å². The second kappa shape index (κ2) is 6.59. The maximum Gasteiger partial charge on any atom is 0.272 e. The summed E-state index contributed by atoms with van der Waals surface area (Å²) in [5.41, 5.74) is 3.01. The molecule has 0 spiro atoms. The number of pyridine rings is 1. The molecule has 0 bridgehead atoms. The van der Waals surface area contributed by atoms with Crippen molar-refractivity contribution < 1.29 is 4.92 Å². The van der Waals surface area contributed by atoms with E-state index in [-0.39, 0.29) is 10.6 Å². The number of nitrogens with zero attached hydrogens (tertiary/aromatic N) is 3. The third-order valence-electron chi connectivity index (χ3n) is 3.20. The second-order valence-corrected chi connectivity index (χ2v) is 4.58. The Morgan fingerprint density at radius 3 is 2.90 bits per heavy atom. The van der Waals surface area contributed by atoms with Crippen molar-refractivity contribution in [3.63, 3.8) is 0 Å². The Morgan fingerprint density at radius 2 is 2.19 bits per heavy atom. The van der Waals surface area contributed by atoms with Gasteiger partial charge in [-0.3, -0.25) is 10.1 Å². The summed E-state index contributed by atoms with van der Waals surface area (Å²) in [7, 11) is 0. The molecular formula is C15H14N4O2. The average Bonchev–Trinajstić information content (AvgIpc) is 2.49. The van der Waals surface area contributed by atoms with Gasteiger partial charge in [-0.05, 0) is 30.2 Å². The Labute approximate surface area is 122 Å². The minimum atomic E-state index is -0.374. The van der Waals surface area contributed by atoms with Gasteiger partial charge in [-0.2, -0.15) is 5.26 Å². The molecule has 1 N–H and O–H groups in total. The van der Waals surface area contributed by atoms with Gasteiger partial charge in [-0.1, -0.05) is 12.1 Å². The lowest BCUT2D eigenvalue weighted by Crippen LogP contribution is -2.14. The van der Waals surface area contributed by atoms with Gasteiger partial charge in [-0.25, -0.2) is 4.98 Å². The number of nitro groups is 1. The van der Waals surface area contributed by atoms with Crippen LogP contribution in [0.4, 0.5) is 5.69 Å². The van der Waals surface area contributed by atoms with E-state index in [1.54, 1.807) is 25.3 Å². The zero-order chi connectivity index (χ0) is 15.2. The largest absolute Gasteiger partial charge is 0.309 e. The van der Waals surface area contributed by atoms with Crippen molar-refractivity contribution in [3.8, 4) is 6.07 Å². The lowest BCUT2D eigenvalue weighted by Gasteiger charge is -2.08. The Kier molecular flexibility index (Phi) is 4.59. The number of aromatic nitrogens is 1. The van der Waals surface area contributed by atoms with Gasteiger partial charge in [-0.15, -0.1) is 0 Å². The number of hydrogen-bond donors (Lipinski definition) is 1. The average molecular weight is 282 g/mol. The van der Waals surface area contributed by atoms with Gasteiger partial charge in [0.15, 0.2) is 0 Å². The Morgan fingerprint density at radius 1 is 1.38 bits per heavy atom. The summed E-state index contributed by atoms with van der Waals surface area (Å²) in [4.78, 5) is 14.4. The van der Waals surface area contributed by atoms with Crippen LogP contribution in [0.5, 0.6) is 0 Å². The van der Waals surface area contributed by atoms with Gasteiger partial charge >= 0.3 is 0 Å². The van der Waals surface area contributed by atoms with Gasteiger partial charge in [0.25, 0.3) is 5.69 Å². The van der Waals surface area contributed by atoms with Crippen LogP contribution in [0.3, 0.4) is 0 Å². The van der Waals surface area contributed by atoms with Crippen molar-refractivity contribution in [2.45, 2.75) is 20.0 Å². The summed E-state index contributed by atoms with van der Waals surface area (Å²) < 4.78 is 0. The first-order valence-electron chi connectivity index (χ1n) is 6.40. The van der Waals surface area contributed by atoms with Crippen molar-refractivity contribution in [2.24, 2.45) is 0 Å². The highest BCUT2D eigenvalue weighted by Crippen LogP contribution is 2.20. The molecule has 2 rings (SSSR count). The molecule has 1 aromatic heterocycles. The van der Waals surface area contributed by atoms with E-state index >= 15 is 0 Å². The van der Waals surface area contributed by atoms with E-state index in [2.05, 4.69) is 10.3 Å². The van der Waals surface area contributed by atoms with E-state index in [9.17, 15) is 10.1 Å². The highest BCUT2D eigenvalue weighted by molar-refractivity contribution is 5.44. The van der Waals surface area contributed by atoms with Crippen LogP contribution in [0, 0.1) is 28.4 Å². The Hall–Kier alpha value is -2.78. The summed E-state index contributed by atoms with van der Waals surface area (Å²) >= 11 is 0. The summed E-state index contributed by atoms with van der Waals surface area (Å²) in [6.07, 6.45) is 1.59. The van der Waals surface area contributed by atoms with E-state index < -0.39 is 0 Å². The third kappa shape index (κ3) is 3.61. The van der Waals surface area contributed by atoms with Crippen LogP contribution in [0.1, 0.15) is 22.4 Å². The first kappa shape index (κ1) is 14.6. The molecule has 0 fully saturated rings. The molecule has 0 aliphatic rings. The van der Waals surface area contributed by atoms with E-state index in [0.717, 1.165) is 11.1 Å². The summed E-state index contributed by atoms with van der Waals surface area (Å²) in [6, 6.07) is 10.6. The summed E-state index contributed by atoms with van der Waals surface area (Å²) in [5, 5.41) is 22.9. The van der Waals surface area contributed by atoms with Crippen molar-refractivity contribution in [1.29, 1.82) is 5.26 Å². The lowest BCUT2D eigenvalue weighted by atomic mass is 10.1. The van der Waals surface area contributed by atoms with Gasteiger partial charge in [0.2, 0.25) is 0 Å². The normalized spacial score (nSPS) is 10.1. The topological polar surface area (TPSA) is 91.8 Å². The molecule has 106 valence electrons. The smallest absolute Gasteiger partial charge is 0.272 e. The van der Waals surface area contributed by atoms with Gasteiger partial charge in [0, 0.05) is 30.9 Å². The van der Waals surface area contributed by atoms with Gasteiger partial charge in [0.1, 0.15) is 11.8 Å². The second-order valence-electron chi connectivity index (χ2n) is 4.58.